The highest BCUT2D eigenvalue weighted by atomic mass is 16.1. The first-order chi connectivity index (χ1) is 9.81. The highest BCUT2D eigenvalue weighted by Gasteiger charge is 2.30. The van der Waals surface area contributed by atoms with E-state index in [0.717, 1.165) is 25.2 Å². The second-order valence-corrected chi connectivity index (χ2v) is 5.44. The standard InChI is InChI=1S/C15H16N4O/c20-15(17-11-6-7-11)12-8-16-19-9-13(18-14(12)19)10-4-2-1-3-5-10/h1-5,8,11,13,18H,6-7,9H2,(H,17,20). The van der Waals surface area contributed by atoms with Crippen LogP contribution in [0, 0.1) is 0 Å². The summed E-state index contributed by atoms with van der Waals surface area (Å²) in [6.45, 7) is 0.760. The van der Waals surface area contributed by atoms with Crippen LogP contribution in [0.25, 0.3) is 0 Å². The topological polar surface area (TPSA) is 59.0 Å². The molecule has 0 bridgehead atoms. The van der Waals surface area contributed by atoms with E-state index in [-0.39, 0.29) is 11.9 Å². The Balaban J connectivity index is 1.56. The van der Waals surface area contributed by atoms with E-state index >= 15 is 0 Å². The fourth-order valence-corrected chi connectivity index (χ4v) is 2.59. The van der Waals surface area contributed by atoms with Crippen LogP contribution in [-0.2, 0) is 6.54 Å². The molecular formula is C15H16N4O. The summed E-state index contributed by atoms with van der Waals surface area (Å²) in [4.78, 5) is 12.2. The Morgan fingerprint density at radius 1 is 1.30 bits per heavy atom. The minimum atomic E-state index is -0.0186. The molecule has 5 heteroatoms. The van der Waals surface area contributed by atoms with Crippen molar-refractivity contribution < 1.29 is 4.79 Å². The minimum Gasteiger partial charge on any atom is -0.361 e. The highest BCUT2D eigenvalue weighted by Crippen LogP contribution is 2.31. The van der Waals surface area contributed by atoms with E-state index in [0.29, 0.717) is 11.6 Å². The highest BCUT2D eigenvalue weighted by molar-refractivity contribution is 5.99. The van der Waals surface area contributed by atoms with Gasteiger partial charge >= 0.3 is 0 Å². The first-order valence-electron chi connectivity index (χ1n) is 6.99. The number of nitrogens with zero attached hydrogens (tertiary/aromatic N) is 2. The van der Waals surface area contributed by atoms with Crippen LogP contribution < -0.4 is 10.6 Å². The monoisotopic (exact) mass is 268 g/mol. The summed E-state index contributed by atoms with van der Waals surface area (Å²) in [7, 11) is 0. The van der Waals surface area contributed by atoms with Gasteiger partial charge in [-0.3, -0.25) is 4.79 Å². The maximum Gasteiger partial charge on any atom is 0.256 e. The number of benzene rings is 1. The molecule has 1 fully saturated rings. The molecule has 1 atom stereocenters. The third-order valence-corrected chi connectivity index (χ3v) is 3.87. The fraction of sp³-hybridized carbons (Fsp3) is 0.333. The second kappa shape index (κ2) is 4.37. The van der Waals surface area contributed by atoms with Crippen molar-refractivity contribution in [2.24, 2.45) is 0 Å². The predicted octanol–water partition coefficient (Wildman–Crippen LogP) is 1.94. The normalized spacial score (nSPS) is 20.3. The van der Waals surface area contributed by atoms with Crippen molar-refractivity contribution in [3.05, 3.63) is 47.7 Å². The van der Waals surface area contributed by atoms with Gasteiger partial charge in [0.15, 0.2) is 0 Å². The summed E-state index contributed by atoms with van der Waals surface area (Å²) in [6, 6.07) is 10.8. The molecule has 2 N–H and O–H groups in total. The molecule has 1 aliphatic carbocycles. The average molecular weight is 268 g/mol. The smallest absolute Gasteiger partial charge is 0.256 e. The average Bonchev–Trinajstić information content (AvgIpc) is 3.03. The maximum atomic E-state index is 12.2. The van der Waals surface area contributed by atoms with Crippen LogP contribution in [0.1, 0.15) is 34.8 Å². The molecule has 1 saturated carbocycles. The number of amides is 1. The lowest BCUT2D eigenvalue weighted by atomic mass is 10.1. The summed E-state index contributed by atoms with van der Waals surface area (Å²) >= 11 is 0. The molecule has 0 saturated heterocycles. The molecule has 0 spiro atoms. The third kappa shape index (κ3) is 1.95. The SMILES string of the molecule is O=C(NC1CC1)c1cnn2c1NC(c1ccccc1)C2. The van der Waals surface area contributed by atoms with Crippen molar-refractivity contribution in [1.82, 2.24) is 15.1 Å². The number of hydrogen-bond acceptors (Lipinski definition) is 3. The summed E-state index contributed by atoms with van der Waals surface area (Å²) in [5.74, 6) is 0.812. The van der Waals surface area contributed by atoms with Crippen LogP contribution in [0.15, 0.2) is 36.5 Å². The molecule has 2 heterocycles. The number of nitrogens with one attached hydrogen (secondary N) is 2. The Labute approximate surface area is 117 Å². The first kappa shape index (κ1) is 11.5. The molecule has 2 aliphatic rings. The van der Waals surface area contributed by atoms with Crippen LogP contribution >= 0.6 is 0 Å². The van der Waals surface area contributed by atoms with E-state index in [4.69, 9.17) is 0 Å². The Morgan fingerprint density at radius 2 is 2.10 bits per heavy atom. The van der Waals surface area contributed by atoms with Gasteiger partial charge < -0.3 is 10.6 Å². The largest absolute Gasteiger partial charge is 0.361 e. The lowest BCUT2D eigenvalue weighted by molar-refractivity contribution is 0.0952. The van der Waals surface area contributed by atoms with Gasteiger partial charge in [-0.2, -0.15) is 5.10 Å². The number of anilines is 1. The Bertz CT molecular complexity index is 645. The van der Waals surface area contributed by atoms with E-state index in [1.807, 2.05) is 22.9 Å². The molecule has 102 valence electrons. The predicted molar refractivity (Wildman–Crippen MR) is 75.5 cm³/mol. The summed E-state index contributed by atoms with van der Waals surface area (Å²) in [5, 5.41) is 10.7. The molecule has 1 amide bonds. The van der Waals surface area contributed by atoms with Crippen LogP contribution in [0.5, 0.6) is 0 Å². The molecule has 2 aromatic rings. The molecule has 20 heavy (non-hydrogen) atoms. The lowest BCUT2D eigenvalue weighted by Gasteiger charge is -2.11. The van der Waals surface area contributed by atoms with Crippen molar-refractivity contribution in [1.29, 1.82) is 0 Å². The fourth-order valence-electron chi connectivity index (χ4n) is 2.59. The quantitative estimate of drug-likeness (QED) is 0.894. The summed E-state index contributed by atoms with van der Waals surface area (Å²) < 4.78 is 1.87. The number of carbonyl (C=O) groups is 1. The molecular weight excluding hydrogens is 252 g/mol. The molecule has 1 aromatic heterocycles. The zero-order valence-electron chi connectivity index (χ0n) is 11.0. The lowest BCUT2D eigenvalue weighted by Crippen LogP contribution is -2.25. The second-order valence-electron chi connectivity index (χ2n) is 5.44. The molecule has 1 unspecified atom stereocenters. The van der Waals surface area contributed by atoms with Gasteiger partial charge in [0.25, 0.3) is 5.91 Å². The van der Waals surface area contributed by atoms with Gasteiger partial charge in [0.05, 0.1) is 18.8 Å². The van der Waals surface area contributed by atoms with Gasteiger partial charge in [-0.1, -0.05) is 30.3 Å². The van der Waals surface area contributed by atoms with Gasteiger partial charge in [0, 0.05) is 6.04 Å². The van der Waals surface area contributed by atoms with Gasteiger partial charge in [0.2, 0.25) is 0 Å². The Kier molecular flexibility index (Phi) is 2.52. The third-order valence-electron chi connectivity index (χ3n) is 3.87. The van der Waals surface area contributed by atoms with Crippen LogP contribution in [0.2, 0.25) is 0 Å². The number of carbonyl (C=O) groups excluding carboxylic acids is 1. The number of hydrogen-bond donors (Lipinski definition) is 2. The van der Waals surface area contributed by atoms with Gasteiger partial charge in [-0.15, -0.1) is 0 Å². The minimum absolute atomic E-state index is 0.0186. The molecule has 0 radical (unpaired) electrons. The first-order valence-corrected chi connectivity index (χ1v) is 6.99. The Hall–Kier alpha value is -2.30. The maximum absolute atomic E-state index is 12.2. The van der Waals surface area contributed by atoms with E-state index in [9.17, 15) is 4.79 Å². The number of rotatable bonds is 3. The summed E-state index contributed by atoms with van der Waals surface area (Å²) in [5.41, 5.74) is 1.86. The van der Waals surface area contributed by atoms with Crippen LogP contribution in [0.4, 0.5) is 5.82 Å². The molecule has 4 rings (SSSR count). The molecule has 5 nitrogen and oxygen atoms in total. The van der Waals surface area contributed by atoms with Gasteiger partial charge in [-0.25, -0.2) is 4.68 Å². The number of aromatic nitrogens is 2. The Morgan fingerprint density at radius 3 is 2.85 bits per heavy atom. The van der Waals surface area contributed by atoms with Crippen molar-refractivity contribution in [3.8, 4) is 0 Å². The van der Waals surface area contributed by atoms with E-state index < -0.39 is 0 Å². The van der Waals surface area contributed by atoms with E-state index in [2.05, 4.69) is 27.9 Å². The molecule has 1 aliphatic heterocycles. The van der Waals surface area contributed by atoms with Crippen LogP contribution in [-0.4, -0.2) is 21.7 Å². The summed E-state index contributed by atoms with van der Waals surface area (Å²) in [6.07, 6.45) is 3.84. The zero-order valence-corrected chi connectivity index (χ0v) is 11.0. The van der Waals surface area contributed by atoms with E-state index in [1.54, 1.807) is 6.20 Å². The molecule has 1 aromatic carbocycles. The van der Waals surface area contributed by atoms with Crippen LogP contribution in [0.3, 0.4) is 0 Å². The number of fused-ring (bicyclic) bond motifs is 1. The van der Waals surface area contributed by atoms with Crippen molar-refractivity contribution in [2.75, 3.05) is 5.32 Å². The van der Waals surface area contributed by atoms with Crippen molar-refractivity contribution >= 4 is 11.7 Å². The van der Waals surface area contributed by atoms with Gasteiger partial charge in [-0.05, 0) is 18.4 Å². The van der Waals surface area contributed by atoms with Crippen molar-refractivity contribution in [3.63, 3.8) is 0 Å². The zero-order chi connectivity index (χ0) is 13.5. The van der Waals surface area contributed by atoms with E-state index in [1.165, 1.54) is 5.56 Å². The van der Waals surface area contributed by atoms with Gasteiger partial charge in [0.1, 0.15) is 11.4 Å². The van der Waals surface area contributed by atoms with Crippen molar-refractivity contribution in [2.45, 2.75) is 31.5 Å².